The lowest BCUT2D eigenvalue weighted by Gasteiger charge is -2.09. The highest BCUT2D eigenvalue weighted by Gasteiger charge is 2.19. The molecular weight excluding hydrogens is 292 g/mol. The van der Waals surface area contributed by atoms with Crippen molar-refractivity contribution in [1.29, 1.82) is 0 Å². The maximum atomic E-state index is 11.9. The quantitative estimate of drug-likeness (QED) is 0.788. The summed E-state index contributed by atoms with van der Waals surface area (Å²) in [4.78, 5) is 27.5. The van der Waals surface area contributed by atoms with E-state index < -0.39 is 11.5 Å². The van der Waals surface area contributed by atoms with Gasteiger partial charge in [0.2, 0.25) is 5.76 Å². The van der Waals surface area contributed by atoms with Gasteiger partial charge in [-0.25, -0.2) is 9.78 Å². The van der Waals surface area contributed by atoms with Gasteiger partial charge in [-0.1, -0.05) is 29.8 Å². The first-order valence-electron chi connectivity index (χ1n) is 6.05. The maximum absolute atomic E-state index is 11.9. The predicted octanol–water partition coefficient (Wildman–Crippen LogP) is 2.61. The summed E-state index contributed by atoms with van der Waals surface area (Å²) in [6, 6.07) is 10.2. The minimum Gasteiger partial charge on any atom is -0.415 e. The Labute approximate surface area is 124 Å². The van der Waals surface area contributed by atoms with Crippen molar-refractivity contribution in [3.8, 4) is 11.1 Å². The number of rotatable bonds is 2. The Balaban J connectivity index is 2.46. The minimum absolute atomic E-state index is 0.146. The molecule has 3 rings (SSSR count). The zero-order valence-corrected chi connectivity index (χ0v) is 11.4. The molecule has 0 unspecified atom stereocenters. The second-order valence-corrected chi connectivity index (χ2v) is 4.80. The highest BCUT2D eigenvalue weighted by Crippen LogP contribution is 2.30. The van der Waals surface area contributed by atoms with Crippen LogP contribution in [0.3, 0.4) is 0 Å². The fourth-order valence-corrected chi connectivity index (χ4v) is 2.29. The van der Waals surface area contributed by atoms with Crippen molar-refractivity contribution < 1.29 is 9.21 Å². The van der Waals surface area contributed by atoms with Gasteiger partial charge in [-0.3, -0.25) is 4.79 Å². The summed E-state index contributed by atoms with van der Waals surface area (Å²) in [6.07, 6.45) is 1.48. The molecule has 0 fully saturated rings. The van der Waals surface area contributed by atoms with Crippen LogP contribution < -0.4 is 11.4 Å². The van der Waals surface area contributed by atoms with Gasteiger partial charge in [-0.2, -0.15) is 0 Å². The smallest absolute Gasteiger partial charge is 0.363 e. The second-order valence-electron chi connectivity index (χ2n) is 4.36. The lowest BCUT2D eigenvalue weighted by molar-refractivity contribution is 0.0971. The summed E-state index contributed by atoms with van der Waals surface area (Å²) >= 11 is 5.87. The van der Waals surface area contributed by atoms with Crippen molar-refractivity contribution in [2.24, 2.45) is 5.73 Å². The number of carbonyl (C=O) groups is 1. The van der Waals surface area contributed by atoms with Crippen LogP contribution in [0.1, 0.15) is 10.6 Å². The molecule has 1 aromatic carbocycles. The average molecular weight is 301 g/mol. The van der Waals surface area contributed by atoms with Gasteiger partial charge >= 0.3 is 5.63 Å². The number of benzene rings is 1. The number of halogens is 1. The molecule has 2 aromatic heterocycles. The molecule has 2 N–H and O–H groups in total. The summed E-state index contributed by atoms with van der Waals surface area (Å²) in [7, 11) is 0. The standard InChI is InChI=1S/C15H9ClN2O3/c16-9-5-3-8(4-6-9)11-10-2-1-7-18-12(10)15(20)21-13(11)14(17)19/h1-7H,(H2,17,19). The van der Waals surface area contributed by atoms with Crippen LogP contribution in [0.15, 0.2) is 51.8 Å². The van der Waals surface area contributed by atoms with E-state index in [1.54, 1.807) is 36.4 Å². The van der Waals surface area contributed by atoms with E-state index in [-0.39, 0.29) is 11.3 Å². The first kappa shape index (κ1) is 13.3. The highest BCUT2D eigenvalue weighted by molar-refractivity contribution is 6.30. The average Bonchev–Trinajstić information content (AvgIpc) is 2.48. The maximum Gasteiger partial charge on any atom is 0.363 e. The molecular formula is C15H9ClN2O3. The molecule has 0 atom stereocenters. The SMILES string of the molecule is NC(=O)c1oc(=O)c2ncccc2c1-c1ccc(Cl)cc1. The number of hydrogen-bond acceptors (Lipinski definition) is 4. The van der Waals surface area contributed by atoms with Crippen molar-refractivity contribution in [2.75, 3.05) is 0 Å². The van der Waals surface area contributed by atoms with Crippen molar-refractivity contribution in [3.63, 3.8) is 0 Å². The van der Waals surface area contributed by atoms with Crippen molar-refractivity contribution in [2.45, 2.75) is 0 Å². The van der Waals surface area contributed by atoms with Gasteiger partial charge in [0.1, 0.15) is 0 Å². The summed E-state index contributed by atoms with van der Waals surface area (Å²) in [5.74, 6) is -1.01. The lowest BCUT2D eigenvalue weighted by atomic mass is 10.00. The lowest BCUT2D eigenvalue weighted by Crippen LogP contribution is -2.17. The number of pyridine rings is 1. The molecule has 0 aliphatic carbocycles. The summed E-state index contributed by atoms with van der Waals surface area (Å²) in [5.41, 5.74) is 5.87. The van der Waals surface area contributed by atoms with Crippen LogP contribution in [-0.4, -0.2) is 10.9 Å². The minimum atomic E-state index is -0.817. The number of nitrogens with two attached hydrogens (primary N) is 1. The van der Waals surface area contributed by atoms with Gasteiger partial charge in [-0.15, -0.1) is 0 Å². The molecule has 21 heavy (non-hydrogen) atoms. The Morgan fingerprint density at radius 2 is 1.90 bits per heavy atom. The molecule has 0 bridgehead atoms. The summed E-state index contributed by atoms with van der Waals surface area (Å²) in [5, 5.41) is 1.06. The molecule has 3 aromatic rings. The molecule has 0 spiro atoms. The first-order chi connectivity index (χ1) is 10.1. The number of hydrogen-bond donors (Lipinski definition) is 1. The number of primary amides is 1. The monoisotopic (exact) mass is 300 g/mol. The molecule has 104 valence electrons. The number of carbonyl (C=O) groups excluding carboxylic acids is 1. The normalized spacial score (nSPS) is 10.7. The Morgan fingerprint density at radius 3 is 2.57 bits per heavy atom. The third kappa shape index (κ3) is 2.28. The summed E-state index contributed by atoms with van der Waals surface area (Å²) < 4.78 is 5.04. The van der Waals surface area contributed by atoms with Crippen LogP contribution >= 0.6 is 11.6 Å². The largest absolute Gasteiger partial charge is 0.415 e. The van der Waals surface area contributed by atoms with Crippen LogP contribution in [0.4, 0.5) is 0 Å². The number of amides is 1. The van der Waals surface area contributed by atoms with E-state index in [1.165, 1.54) is 6.20 Å². The predicted molar refractivity (Wildman–Crippen MR) is 79.2 cm³/mol. The number of aromatic nitrogens is 1. The molecule has 1 amide bonds. The van der Waals surface area contributed by atoms with E-state index in [2.05, 4.69) is 4.98 Å². The molecule has 0 radical (unpaired) electrons. The Bertz CT molecular complexity index is 901. The molecule has 6 heteroatoms. The topological polar surface area (TPSA) is 86.2 Å². The fourth-order valence-electron chi connectivity index (χ4n) is 2.16. The van der Waals surface area contributed by atoms with Crippen molar-refractivity contribution in [3.05, 3.63) is 63.8 Å². The van der Waals surface area contributed by atoms with Crippen LogP contribution in [-0.2, 0) is 0 Å². The van der Waals surface area contributed by atoms with Gasteiger partial charge in [0, 0.05) is 22.2 Å². The van der Waals surface area contributed by atoms with Crippen LogP contribution in [0.5, 0.6) is 0 Å². The molecule has 0 aliphatic rings. The van der Waals surface area contributed by atoms with Gasteiger partial charge in [0.05, 0.1) is 0 Å². The van der Waals surface area contributed by atoms with Crippen LogP contribution in [0, 0.1) is 0 Å². The van der Waals surface area contributed by atoms with Gasteiger partial charge < -0.3 is 10.2 Å². The molecule has 0 saturated carbocycles. The highest BCUT2D eigenvalue weighted by atomic mass is 35.5. The third-order valence-corrected chi connectivity index (χ3v) is 3.30. The molecule has 2 heterocycles. The molecule has 0 aliphatic heterocycles. The van der Waals surface area contributed by atoms with Crippen molar-refractivity contribution >= 4 is 28.4 Å². The number of nitrogens with zero attached hydrogens (tertiary/aromatic N) is 1. The molecule has 5 nitrogen and oxygen atoms in total. The van der Waals surface area contributed by atoms with E-state index in [0.717, 1.165) is 0 Å². The van der Waals surface area contributed by atoms with Crippen molar-refractivity contribution in [1.82, 2.24) is 4.98 Å². The van der Waals surface area contributed by atoms with Gasteiger partial charge in [0.15, 0.2) is 5.52 Å². The zero-order chi connectivity index (χ0) is 15.0. The Morgan fingerprint density at radius 1 is 1.19 bits per heavy atom. The fraction of sp³-hybridized carbons (Fsp3) is 0. The Hall–Kier alpha value is -2.66. The number of fused-ring (bicyclic) bond motifs is 1. The van der Waals surface area contributed by atoms with Gasteiger partial charge in [0.25, 0.3) is 5.91 Å². The van der Waals surface area contributed by atoms with Gasteiger partial charge in [-0.05, 0) is 23.8 Å². The summed E-state index contributed by atoms with van der Waals surface area (Å²) in [6.45, 7) is 0. The van der Waals surface area contributed by atoms with E-state index in [4.69, 9.17) is 21.8 Å². The van der Waals surface area contributed by atoms with E-state index in [9.17, 15) is 9.59 Å². The first-order valence-corrected chi connectivity index (χ1v) is 6.43. The second kappa shape index (κ2) is 5.03. The zero-order valence-electron chi connectivity index (χ0n) is 10.7. The molecule has 0 saturated heterocycles. The third-order valence-electron chi connectivity index (χ3n) is 3.05. The van der Waals surface area contributed by atoms with Crippen LogP contribution in [0.2, 0.25) is 5.02 Å². The Kier molecular flexibility index (Phi) is 3.19. The van der Waals surface area contributed by atoms with E-state index in [0.29, 0.717) is 21.5 Å². The van der Waals surface area contributed by atoms with E-state index >= 15 is 0 Å². The van der Waals surface area contributed by atoms with E-state index in [1.807, 2.05) is 0 Å². The van der Waals surface area contributed by atoms with Crippen LogP contribution in [0.25, 0.3) is 22.0 Å².